The summed E-state index contributed by atoms with van der Waals surface area (Å²) in [4.78, 5) is 15.1. The maximum atomic E-state index is 5.08. The summed E-state index contributed by atoms with van der Waals surface area (Å²) in [6.45, 7) is 20.7. The van der Waals surface area contributed by atoms with Crippen LogP contribution in [0.4, 0.5) is 0 Å². The van der Waals surface area contributed by atoms with Crippen LogP contribution in [0.15, 0.2) is 182 Å². The van der Waals surface area contributed by atoms with Gasteiger partial charge in [0.25, 0.3) is 0 Å². The molecule has 5 heteroatoms. The molecule has 0 bridgehead atoms. The number of para-hydroxylation sites is 1. The third-order valence-electron chi connectivity index (χ3n) is 13.7. The monoisotopic (exact) mass is 883 g/mol. The molecule has 0 radical (unpaired) electrons. The maximum Gasteiger partial charge on any atom is 0.164 e. The van der Waals surface area contributed by atoms with E-state index in [4.69, 9.17) is 15.0 Å². The van der Waals surface area contributed by atoms with Crippen molar-refractivity contribution in [1.29, 1.82) is 0 Å². The van der Waals surface area contributed by atoms with Gasteiger partial charge in [0.2, 0.25) is 0 Å². The quantitative estimate of drug-likeness (QED) is 0.167. The molecule has 0 atom stereocenters. The number of nitrogens with zero attached hydrogens (tertiary/aromatic N) is 5. The van der Waals surface area contributed by atoms with Crippen molar-refractivity contribution in [3.05, 3.63) is 199 Å². The standard InChI is InChI=1S/C63H57N5/c1-61(2,3)44-29-32-53-51(37-44)52-39-56(68-54-33-30-45(62(4,5)6)35-49(54)50-36-46(63(7,8)9)31-34-55(50)68)48(38-57(52)67(53)47-23-17-12-18-24-47)40-25-27-43(28-26-40)60-65-58(41-19-13-10-14-20-41)64-59(66-60)42-21-15-11-16-22-42/h10-39H,1-9H3. The minimum atomic E-state index is -0.0233. The first-order valence-corrected chi connectivity index (χ1v) is 23.9. The van der Waals surface area contributed by atoms with Crippen LogP contribution in [0.1, 0.15) is 79.0 Å². The highest BCUT2D eigenvalue weighted by atomic mass is 15.0. The Kier molecular flexibility index (Phi) is 10.1. The predicted octanol–water partition coefficient (Wildman–Crippen LogP) is 16.6. The molecule has 11 rings (SSSR count). The van der Waals surface area contributed by atoms with E-state index in [1.54, 1.807) is 0 Å². The summed E-state index contributed by atoms with van der Waals surface area (Å²) >= 11 is 0. The fourth-order valence-corrected chi connectivity index (χ4v) is 9.74. The molecule has 3 heterocycles. The van der Waals surface area contributed by atoms with Gasteiger partial charge in [0.15, 0.2) is 17.5 Å². The van der Waals surface area contributed by atoms with Gasteiger partial charge < -0.3 is 9.13 Å². The topological polar surface area (TPSA) is 48.5 Å². The average Bonchev–Trinajstić information content (AvgIpc) is 3.84. The minimum Gasteiger partial charge on any atom is -0.309 e. The van der Waals surface area contributed by atoms with E-state index in [1.807, 2.05) is 36.4 Å². The lowest BCUT2D eigenvalue weighted by atomic mass is 9.85. The van der Waals surface area contributed by atoms with E-state index in [0.29, 0.717) is 17.5 Å². The molecular formula is C63H57N5. The van der Waals surface area contributed by atoms with Gasteiger partial charge in [-0.15, -0.1) is 0 Å². The molecule has 68 heavy (non-hydrogen) atoms. The van der Waals surface area contributed by atoms with Crippen LogP contribution in [-0.4, -0.2) is 24.1 Å². The van der Waals surface area contributed by atoms with Crippen LogP contribution >= 0.6 is 0 Å². The van der Waals surface area contributed by atoms with Crippen molar-refractivity contribution in [2.24, 2.45) is 0 Å². The van der Waals surface area contributed by atoms with Gasteiger partial charge in [-0.2, -0.15) is 0 Å². The van der Waals surface area contributed by atoms with E-state index >= 15 is 0 Å². The molecule has 5 nitrogen and oxygen atoms in total. The van der Waals surface area contributed by atoms with Gasteiger partial charge in [-0.3, -0.25) is 0 Å². The van der Waals surface area contributed by atoms with E-state index in [1.165, 1.54) is 54.8 Å². The van der Waals surface area contributed by atoms with Crippen LogP contribution in [0.25, 0.3) is 100 Å². The van der Waals surface area contributed by atoms with Crippen molar-refractivity contribution >= 4 is 43.6 Å². The van der Waals surface area contributed by atoms with Gasteiger partial charge in [-0.1, -0.05) is 184 Å². The number of benzene rings is 8. The molecule has 0 aliphatic heterocycles. The van der Waals surface area contributed by atoms with E-state index in [-0.39, 0.29) is 16.2 Å². The summed E-state index contributed by atoms with van der Waals surface area (Å²) in [5.41, 5.74) is 15.9. The zero-order valence-corrected chi connectivity index (χ0v) is 40.6. The lowest BCUT2D eigenvalue weighted by molar-refractivity contribution is 0.590. The molecule has 0 N–H and O–H groups in total. The molecule has 0 saturated carbocycles. The molecular weight excluding hydrogens is 827 g/mol. The summed E-state index contributed by atoms with van der Waals surface area (Å²) < 4.78 is 4.96. The summed E-state index contributed by atoms with van der Waals surface area (Å²) in [7, 11) is 0. The lowest BCUT2D eigenvalue weighted by Gasteiger charge is -2.20. The Bertz CT molecular complexity index is 3560. The van der Waals surface area contributed by atoms with E-state index in [0.717, 1.165) is 44.7 Å². The molecule has 0 spiro atoms. The average molecular weight is 884 g/mol. The van der Waals surface area contributed by atoms with Crippen molar-refractivity contribution in [2.75, 3.05) is 0 Å². The second kappa shape index (κ2) is 16.0. The first-order valence-electron chi connectivity index (χ1n) is 23.9. The van der Waals surface area contributed by atoms with Crippen molar-refractivity contribution in [2.45, 2.75) is 78.6 Å². The normalized spacial score (nSPS) is 12.5. The van der Waals surface area contributed by atoms with Crippen molar-refractivity contribution in [3.63, 3.8) is 0 Å². The SMILES string of the molecule is CC(C)(C)c1ccc2c(c1)c1cc(-n3c4ccc(C(C)(C)C)cc4c4cc(C(C)(C)C)ccc43)c(-c3ccc(-c4nc(-c5ccccc5)nc(-c5ccccc5)n4)cc3)cc1n2-c1ccccc1. The highest BCUT2D eigenvalue weighted by Gasteiger charge is 2.25. The first-order chi connectivity index (χ1) is 32.6. The second-order valence-corrected chi connectivity index (χ2v) is 21.5. The largest absolute Gasteiger partial charge is 0.309 e. The number of hydrogen-bond acceptors (Lipinski definition) is 3. The van der Waals surface area contributed by atoms with Crippen LogP contribution < -0.4 is 0 Å². The summed E-state index contributed by atoms with van der Waals surface area (Å²) in [5.74, 6) is 1.92. The molecule has 0 unspecified atom stereocenters. The van der Waals surface area contributed by atoms with Gasteiger partial charge in [0, 0.05) is 49.5 Å². The smallest absolute Gasteiger partial charge is 0.164 e. The van der Waals surface area contributed by atoms with E-state index in [9.17, 15) is 0 Å². The highest BCUT2D eigenvalue weighted by molar-refractivity contribution is 6.14. The third-order valence-corrected chi connectivity index (χ3v) is 13.7. The molecule has 0 fully saturated rings. The van der Waals surface area contributed by atoms with Crippen LogP contribution in [0, 0.1) is 0 Å². The predicted molar refractivity (Wildman–Crippen MR) is 286 cm³/mol. The molecule has 3 aromatic heterocycles. The minimum absolute atomic E-state index is 0.0116. The molecule has 0 amide bonds. The zero-order valence-electron chi connectivity index (χ0n) is 40.6. The van der Waals surface area contributed by atoms with Crippen LogP contribution in [0.2, 0.25) is 0 Å². The van der Waals surface area contributed by atoms with Crippen molar-refractivity contribution in [1.82, 2.24) is 24.1 Å². The fourth-order valence-electron chi connectivity index (χ4n) is 9.74. The Labute approximate surface area is 399 Å². The molecule has 8 aromatic carbocycles. The molecule has 334 valence electrons. The summed E-state index contributed by atoms with van der Waals surface area (Å²) in [6, 6.07) is 66.1. The molecule has 11 aromatic rings. The summed E-state index contributed by atoms with van der Waals surface area (Å²) in [5, 5.41) is 4.98. The Balaban J connectivity index is 1.20. The zero-order chi connectivity index (χ0) is 47.1. The van der Waals surface area contributed by atoms with Gasteiger partial charge in [-0.25, -0.2) is 15.0 Å². The Morgan fingerprint density at radius 2 is 0.662 bits per heavy atom. The van der Waals surface area contributed by atoms with Gasteiger partial charge in [0.1, 0.15) is 0 Å². The van der Waals surface area contributed by atoms with Crippen LogP contribution in [-0.2, 0) is 16.2 Å². The van der Waals surface area contributed by atoms with Crippen LogP contribution in [0.3, 0.4) is 0 Å². The summed E-state index contributed by atoms with van der Waals surface area (Å²) in [6.07, 6.45) is 0. The van der Waals surface area contributed by atoms with E-state index < -0.39 is 0 Å². The lowest BCUT2D eigenvalue weighted by Crippen LogP contribution is -2.10. The molecule has 0 aliphatic rings. The molecule has 0 saturated heterocycles. The van der Waals surface area contributed by atoms with Crippen LogP contribution in [0.5, 0.6) is 0 Å². The number of hydrogen-bond donors (Lipinski definition) is 0. The van der Waals surface area contributed by atoms with Gasteiger partial charge in [-0.05, 0) is 99.2 Å². The number of aromatic nitrogens is 5. The Hall–Kier alpha value is -7.63. The van der Waals surface area contributed by atoms with Gasteiger partial charge >= 0.3 is 0 Å². The van der Waals surface area contributed by atoms with Crippen molar-refractivity contribution in [3.8, 4) is 56.7 Å². The Morgan fingerprint density at radius 1 is 0.309 bits per heavy atom. The molecule has 0 aliphatic carbocycles. The van der Waals surface area contributed by atoms with Crippen molar-refractivity contribution < 1.29 is 0 Å². The number of rotatable bonds is 6. The Morgan fingerprint density at radius 3 is 1.07 bits per heavy atom. The van der Waals surface area contributed by atoms with E-state index in [2.05, 4.69) is 217 Å². The first kappa shape index (κ1) is 43.0. The number of fused-ring (bicyclic) bond motifs is 6. The third kappa shape index (κ3) is 7.56. The maximum absolute atomic E-state index is 5.08. The van der Waals surface area contributed by atoms with Gasteiger partial charge in [0.05, 0.1) is 27.8 Å². The second-order valence-electron chi connectivity index (χ2n) is 21.5. The highest BCUT2D eigenvalue weighted by Crippen LogP contribution is 2.44. The fraction of sp³-hybridized carbons (Fsp3) is 0.190.